The van der Waals surface area contributed by atoms with Gasteiger partial charge in [0.1, 0.15) is 5.58 Å². The van der Waals surface area contributed by atoms with Crippen LogP contribution in [0.15, 0.2) is 132 Å². The van der Waals surface area contributed by atoms with Crippen molar-refractivity contribution in [3.05, 3.63) is 127 Å². The Bertz CT molecular complexity index is 2540. The van der Waals surface area contributed by atoms with Crippen LogP contribution in [0.1, 0.15) is 0 Å². The monoisotopic (exact) mass is 570 g/mol. The van der Waals surface area contributed by atoms with E-state index in [1.165, 1.54) is 54.2 Å². The van der Waals surface area contributed by atoms with Crippen LogP contribution in [-0.4, -0.2) is 17.2 Å². The first-order chi connectivity index (χ1) is 21.0. The molecule has 3 nitrogen and oxygen atoms in total. The molecule has 0 fully saturated rings. The van der Waals surface area contributed by atoms with Crippen molar-refractivity contribution in [3.8, 4) is 11.4 Å². The van der Waals surface area contributed by atoms with E-state index in [1.54, 1.807) is 0 Å². The van der Waals surface area contributed by atoms with Crippen LogP contribution in [-0.2, 0) is 0 Å². The summed E-state index contributed by atoms with van der Waals surface area (Å²) in [6, 6.07) is 46.2. The minimum absolute atomic E-state index is 0.935. The van der Waals surface area contributed by atoms with Gasteiger partial charge in [-0.15, -0.1) is 0 Å². The fourth-order valence-corrected chi connectivity index (χ4v) is 8.63. The van der Waals surface area contributed by atoms with Gasteiger partial charge in [0.25, 0.3) is 0 Å². The molecule has 0 unspecified atom stereocenters. The largest absolute Gasteiger partial charge is 0.454 e. The van der Waals surface area contributed by atoms with Crippen molar-refractivity contribution in [2.45, 2.75) is 19.6 Å². The fourth-order valence-electron chi connectivity index (χ4n) is 7.17. The molecular formula is C39H30N2OSi. The zero-order chi connectivity index (χ0) is 28.9. The minimum Gasteiger partial charge on any atom is -0.454 e. The Labute approximate surface area is 250 Å². The highest BCUT2D eigenvalue weighted by Crippen LogP contribution is 2.43. The number of aromatic nitrogens is 2. The lowest BCUT2D eigenvalue weighted by Crippen LogP contribution is -2.37. The van der Waals surface area contributed by atoms with E-state index in [4.69, 9.17) is 4.42 Å². The lowest BCUT2D eigenvalue weighted by atomic mass is 10.1. The molecule has 0 N–H and O–H groups in total. The maximum absolute atomic E-state index is 6.96. The normalized spacial score (nSPS) is 12.5. The standard InChI is InChI=1S/C39H30N2OSi/c1-43(2,3)35-22-12-18-31-30-17-11-21-34(38(30)42-39(31)35)41-33-20-10-8-16-27(33)29-24-23-28-26-15-7-9-19-32(26)40(36(28)37(29)41)25-13-5-4-6-14-25/h4-24H,1-3H3. The highest BCUT2D eigenvalue weighted by molar-refractivity contribution is 6.90. The summed E-state index contributed by atoms with van der Waals surface area (Å²) < 4.78 is 11.8. The van der Waals surface area contributed by atoms with Gasteiger partial charge in [-0.2, -0.15) is 0 Å². The van der Waals surface area contributed by atoms with Crippen LogP contribution >= 0.6 is 0 Å². The molecule has 0 bridgehead atoms. The summed E-state index contributed by atoms with van der Waals surface area (Å²) in [5, 5.41) is 8.69. The maximum atomic E-state index is 6.96. The molecule has 0 spiro atoms. The molecule has 206 valence electrons. The zero-order valence-electron chi connectivity index (χ0n) is 24.4. The summed E-state index contributed by atoms with van der Waals surface area (Å²) >= 11 is 0. The molecule has 0 aliphatic carbocycles. The molecule has 0 aliphatic rings. The van der Waals surface area contributed by atoms with Crippen molar-refractivity contribution < 1.29 is 4.42 Å². The highest BCUT2D eigenvalue weighted by atomic mass is 28.3. The first-order valence-corrected chi connectivity index (χ1v) is 18.5. The Morgan fingerprint density at radius 2 is 0.977 bits per heavy atom. The lowest BCUT2D eigenvalue weighted by Gasteiger charge is -2.16. The van der Waals surface area contributed by atoms with Crippen LogP contribution in [0.4, 0.5) is 0 Å². The van der Waals surface area contributed by atoms with Gasteiger partial charge >= 0.3 is 0 Å². The fraction of sp³-hybridized carbons (Fsp3) is 0.0769. The molecular weight excluding hydrogens is 541 g/mol. The second-order valence-electron chi connectivity index (χ2n) is 12.6. The molecule has 3 aromatic heterocycles. The van der Waals surface area contributed by atoms with Crippen molar-refractivity contribution in [2.24, 2.45) is 0 Å². The third kappa shape index (κ3) is 3.35. The first-order valence-electron chi connectivity index (χ1n) is 15.0. The number of fused-ring (bicyclic) bond motifs is 10. The summed E-state index contributed by atoms with van der Waals surface area (Å²) in [6.07, 6.45) is 0. The SMILES string of the molecule is C[Si](C)(C)c1cccc2c1oc1c(-n3c4ccccc4c4ccc5c6ccccc6n(-c6ccccc6)c5c43)cccc12. The molecule has 0 radical (unpaired) electrons. The van der Waals surface area contributed by atoms with Crippen molar-refractivity contribution >= 4 is 78.8 Å². The number of benzene rings is 6. The molecule has 0 atom stereocenters. The number of para-hydroxylation sites is 5. The average Bonchev–Trinajstić information content (AvgIpc) is 3.69. The quantitative estimate of drug-likeness (QED) is 0.194. The van der Waals surface area contributed by atoms with E-state index < -0.39 is 8.07 Å². The van der Waals surface area contributed by atoms with E-state index in [-0.39, 0.29) is 0 Å². The molecule has 0 aliphatic heterocycles. The van der Waals surface area contributed by atoms with Crippen LogP contribution in [0.25, 0.3) is 76.9 Å². The summed E-state index contributed by atoms with van der Waals surface area (Å²) in [5.41, 5.74) is 8.97. The van der Waals surface area contributed by atoms with Crippen LogP contribution in [0.3, 0.4) is 0 Å². The van der Waals surface area contributed by atoms with E-state index in [0.29, 0.717) is 0 Å². The second-order valence-corrected chi connectivity index (χ2v) is 17.6. The van der Waals surface area contributed by atoms with Gasteiger partial charge in [-0.05, 0) is 35.5 Å². The van der Waals surface area contributed by atoms with E-state index in [0.717, 1.165) is 27.9 Å². The molecule has 0 amide bonds. The van der Waals surface area contributed by atoms with Gasteiger partial charge < -0.3 is 13.6 Å². The van der Waals surface area contributed by atoms with E-state index in [2.05, 4.69) is 156 Å². The smallest absolute Gasteiger partial charge is 0.159 e. The van der Waals surface area contributed by atoms with Gasteiger partial charge in [0.2, 0.25) is 0 Å². The number of hydrogen-bond acceptors (Lipinski definition) is 1. The summed E-state index contributed by atoms with van der Waals surface area (Å²) in [7, 11) is -1.64. The number of furan rings is 1. The zero-order valence-corrected chi connectivity index (χ0v) is 25.4. The van der Waals surface area contributed by atoms with Crippen LogP contribution in [0, 0.1) is 0 Å². The molecule has 6 aromatic carbocycles. The Hall–Kier alpha value is -5.06. The van der Waals surface area contributed by atoms with E-state index in [1.807, 2.05) is 0 Å². The first kappa shape index (κ1) is 24.5. The molecule has 0 saturated heterocycles. The van der Waals surface area contributed by atoms with Gasteiger partial charge in [-0.25, -0.2) is 0 Å². The molecule has 9 aromatic rings. The highest BCUT2D eigenvalue weighted by Gasteiger charge is 2.25. The van der Waals surface area contributed by atoms with Gasteiger partial charge in [0, 0.05) is 38.0 Å². The minimum atomic E-state index is -1.64. The van der Waals surface area contributed by atoms with Gasteiger partial charge in [-0.3, -0.25) is 0 Å². The molecule has 9 rings (SSSR count). The van der Waals surface area contributed by atoms with Crippen LogP contribution < -0.4 is 5.19 Å². The van der Waals surface area contributed by atoms with E-state index >= 15 is 0 Å². The molecule has 3 heterocycles. The van der Waals surface area contributed by atoms with Crippen LogP contribution in [0.5, 0.6) is 0 Å². The predicted molar refractivity (Wildman–Crippen MR) is 185 cm³/mol. The third-order valence-corrected chi connectivity index (χ3v) is 11.0. The van der Waals surface area contributed by atoms with Crippen molar-refractivity contribution in [3.63, 3.8) is 0 Å². The molecule has 0 saturated carbocycles. The van der Waals surface area contributed by atoms with E-state index in [9.17, 15) is 0 Å². The van der Waals surface area contributed by atoms with Crippen molar-refractivity contribution in [1.29, 1.82) is 0 Å². The molecule has 4 heteroatoms. The topological polar surface area (TPSA) is 23.0 Å². The Morgan fingerprint density at radius 3 is 1.65 bits per heavy atom. The average molecular weight is 571 g/mol. The van der Waals surface area contributed by atoms with Crippen molar-refractivity contribution in [1.82, 2.24) is 9.13 Å². The van der Waals surface area contributed by atoms with Gasteiger partial charge in [-0.1, -0.05) is 117 Å². The Morgan fingerprint density at radius 1 is 0.442 bits per heavy atom. The third-order valence-electron chi connectivity index (χ3n) is 9.04. The number of nitrogens with zero attached hydrogens (tertiary/aromatic N) is 2. The number of hydrogen-bond donors (Lipinski definition) is 0. The Kier molecular flexibility index (Phi) is 4.98. The maximum Gasteiger partial charge on any atom is 0.159 e. The predicted octanol–water partition coefficient (Wildman–Crippen LogP) is 10.3. The Balaban J connectivity index is 1.52. The second kappa shape index (κ2) is 8.73. The summed E-state index contributed by atoms with van der Waals surface area (Å²) in [6.45, 7) is 7.17. The lowest BCUT2D eigenvalue weighted by molar-refractivity contribution is 0.668. The van der Waals surface area contributed by atoms with Crippen LogP contribution in [0.2, 0.25) is 19.6 Å². The molecule has 43 heavy (non-hydrogen) atoms. The summed E-state index contributed by atoms with van der Waals surface area (Å²) in [4.78, 5) is 0. The van der Waals surface area contributed by atoms with Crippen molar-refractivity contribution in [2.75, 3.05) is 0 Å². The summed E-state index contributed by atoms with van der Waals surface area (Å²) in [5.74, 6) is 0. The van der Waals surface area contributed by atoms with Gasteiger partial charge in [0.15, 0.2) is 5.58 Å². The number of rotatable bonds is 3. The van der Waals surface area contributed by atoms with Gasteiger partial charge in [0.05, 0.1) is 35.8 Å².